The normalized spacial score (nSPS) is 17.8. The van der Waals surface area contributed by atoms with Gasteiger partial charge in [0, 0.05) is 23.8 Å². The molecule has 1 aliphatic rings. The predicted molar refractivity (Wildman–Crippen MR) is 77.4 cm³/mol. The predicted octanol–water partition coefficient (Wildman–Crippen LogP) is 2.97. The second-order valence-electron chi connectivity index (χ2n) is 5.54. The van der Waals surface area contributed by atoms with Crippen LogP contribution in [0.25, 0.3) is 0 Å². The first-order valence-corrected chi connectivity index (χ1v) is 7.15. The molecule has 1 heterocycles. The van der Waals surface area contributed by atoms with Crippen molar-refractivity contribution < 1.29 is 4.79 Å². The Morgan fingerprint density at radius 3 is 2.79 bits per heavy atom. The minimum absolute atomic E-state index is 0.00551. The van der Waals surface area contributed by atoms with Gasteiger partial charge in [0.15, 0.2) is 0 Å². The summed E-state index contributed by atoms with van der Waals surface area (Å²) in [5.74, 6) is 0.759. The molecule has 1 saturated carbocycles. The number of amides is 1. The van der Waals surface area contributed by atoms with Gasteiger partial charge in [-0.3, -0.25) is 4.79 Å². The molecule has 19 heavy (non-hydrogen) atoms. The van der Waals surface area contributed by atoms with Crippen LogP contribution in [0.4, 0.5) is 5.82 Å². The molecular weight excluding hydrogens is 238 g/mol. The highest BCUT2D eigenvalue weighted by molar-refractivity contribution is 5.95. The van der Waals surface area contributed by atoms with Crippen molar-refractivity contribution in [3.63, 3.8) is 0 Å². The monoisotopic (exact) mass is 261 g/mol. The third-order valence-corrected chi connectivity index (χ3v) is 3.75. The summed E-state index contributed by atoms with van der Waals surface area (Å²) in [7, 11) is 0. The van der Waals surface area contributed by atoms with E-state index in [1.807, 2.05) is 13.0 Å². The van der Waals surface area contributed by atoms with E-state index >= 15 is 0 Å². The smallest absolute Gasteiger partial charge is 0.251 e. The molecule has 4 nitrogen and oxygen atoms in total. The first kappa shape index (κ1) is 13.8. The summed E-state index contributed by atoms with van der Waals surface area (Å²) in [6.45, 7) is 4.96. The number of nitrogens with one attached hydrogen (secondary N) is 2. The van der Waals surface area contributed by atoms with E-state index in [1.54, 1.807) is 12.3 Å². The Hall–Kier alpha value is -1.58. The molecule has 1 aliphatic carbocycles. The number of hydrogen-bond acceptors (Lipinski definition) is 3. The quantitative estimate of drug-likeness (QED) is 0.876. The molecule has 0 saturated heterocycles. The molecule has 0 unspecified atom stereocenters. The van der Waals surface area contributed by atoms with E-state index in [0.717, 1.165) is 25.2 Å². The highest BCUT2D eigenvalue weighted by Gasteiger charge is 2.28. The van der Waals surface area contributed by atoms with Crippen LogP contribution in [0.5, 0.6) is 0 Å². The number of pyridine rings is 1. The van der Waals surface area contributed by atoms with Gasteiger partial charge >= 0.3 is 0 Å². The van der Waals surface area contributed by atoms with Crippen LogP contribution in [0.3, 0.4) is 0 Å². The van der Waals surface area contributed by atoms with Crippen LogP contribution in [0.1, 0.15) is 56.3 Å². The zero-order valence-electron chi connectivity index (χ0n) is 11.8. The lowest BCUT2D eigenvalue weighted by Crippen LogP contribution is -2.47. The summed E-state index contributed by atoms with van der Waals surface area (Å²) >= 11 is 0. The van der Waals surface area contributed by atoms with Crippen molar-refractivity contribution in [1.82, 2.24) is 10.3 Å². The van der Waals surface area contributed by atoms with Crippen molar-refractivity contribution in [2.45, 2.75) is 51.5 Å². The number of hydrogen-bond donors (Lipinski definition) is 2. The van der Waals surface area contributed by atoms with E-state index in [4.69, 9.17) is 0 Å². The van der Waals surface area contributed by atoms with Gasteiger partial charge in [-0.1, -0.05) is 19.3 Å². The number of aromatic nitrogens is 1. The van der Waals surface area contributed by atoms with Crippen molar-refractivity contribution in [3.05, 3.63) is 23.9 Å². The molecule has 4 heteroatoms. The number of carbonyl (C=O) groups is 1. The van der Waals surface area contributed by atoms with E-state index in [9.17, 15) is 4.79 Å². The van der Waals surface area contributed by atoms with Gasteiger partial charge in [-0.2, -0.15) is 0 Å². The first-order valence-electron chi connectivity index (χ1n) is 7.15. The second-order valence-corrected chi connectivity index (χ2v) is 5.54. The Balaban J connectivity index is 2.04. The van der Waals surface area contributed by atoms with Gasteiger partial charge < -0.3 is 10.6 Å². The van der Waals surface area contributed by atoms with Crippen LogP contribution < -0.4 is 10.6 Å². The maximum atomic E-state index is 12.3. The van der Waals surface area contributed by atoms with Gasteiger partial charge in [-0.05, 0) is 38.8 Å². The highest BCUT2D eigenvalue weighted by Crippen LogP contribution is 2.27. The fraction of sp³-hybridized carbons (Fsp3) is 0.600. The summed E-state index contributed by atoms with van der Waals surface area (Å²) in [4.78, 5) is 16.5. The average molecular weight is 261 g/mol. The van der Waals surface area contributed by atoms with Crippen molar-refractivity contribution in [2.24, 2.45) is 0 Å². The molecule has 0 bridgehead atoms. The fourth-order valence-corrected chi connectivity index (χ4v) is 2.65. The van der Waals surface area contributed by atoms with Crippen molar-refractivity contribution in [1.29, 1.82) is 0 Å². The molecule has 104 valence electrons. The molecule has 1 fully saturated rings. The van der Waals surface area contributed by atoms with Crippen molar-refractivity contribution in [3.8, 4) is 0 Å². The Labute approximate surface area is 115 Å². The topological polar surface area (TPSA) is 54.0 Å². The third kappa shape index (κ3) is 3.69. The van der Waals surface area contributed by atoms with Crippen molar-refractivity contribution >= 4 is 11.7 Å². The SMILES string of the molecule is CCNc1cc(C(=O)NC2(C)CCCCC2)ccn1. The summed E-state index contributed by atoms with van der Waals surface area (Å²) in [6.07, 6.45) is 7.51. The zero-order valence-corrected chi connectivity index (χ0v) is 11.8. The van der Waals surface area contributed by atoms with E-state index in [1.165, 1.54) is 19.3 Å². The van der Waals surface area contributed by atoms with E-state index < -0.39 is 0 Å². The van der Waals surface area contributed by atoms with Crippen LogP contribution in [0.2, 0.25) is 0 Å². The summed E-state index contributed by atoms with van der Waals surface area (Å²) < 4.78 is 0. The fourth-order valence-electron chi connectivity index (χ4n) is 2.65. The molecule has 0 aliphatic heterocycles. The Bertz CT molecular complexity index is 439. The van der Waals surface area contributed by atoms with Gasteiger partial charge in [-0.25, -0.2) is 4.98 Å². The van der Waals surface area contributed by atoms with Gasteiger partial charge in [0.25, 0.3) is 5.91 Å². The molecule has 0 aromatic carbocycles. The van der Waals surface area contributed by atoms with E-state index in [-0.39, 0.29) is 11.4 Å². The maximum absolute atomic E-state index is 12.3. The molecule has 0 radical (unpaired) electrons. The largest absolute Gasteiger partial charge is 0.370 e. The molecule has 1 amide bonds. The third-order valence-electron chi connectivity index (χ3n) is 3.75. The van der Waals surface area contributed by atoms with Crippen LogP contribution in [0, 0.1) is 0 Å². The van der Waals surface area contributed by atoms with Gasteiger partial charge in [0.1, 0.15) is 5.82 Å². The Kier molecular flexibility index (Phi) is 4.40. The molecule has 2 rings (SSSR count). The van der Waals surface area contributed by atoms with Gasteiger partial charge in [0.2, 0.25) is 0 Å². The minimum Gasteiger partial charge on any atom is -0.370 e. The maximum Gasteiger partial charge on any atom is 0.251 e. The summed E-state index contributed by atoms with van der Waals surface area (Å²) in [5.41, 5.74) is 0.634. The van der Waals surface area contributed by atoms with Crippen LogP contribution in [-0.4, -0.2) is 23.0 Å². The van der Waals surface area contributed by atoms with Gasteiger partial charge in [0.05, 0.1) is 0 Å². The van der Waals surface area contributed by atoms with Crippen LogP contribution in [-0.2, 0) is 0 Å². The van der Waals surface area contributed by atoms with Crippen LogP contribution >= 0.6 is 0 Å². The Morgan fingerprint density at radius 2 is 2.11 bits per heavy atom. The lowest BCUT2D eigenvalue weighted by Gasteiger charge is -2.34. The molecular formula is C15H23N3O. The zero-order chi connectivity index (χ0) is 13.7. The Morgan fingerprint density at radius 1 is 1.37 bits per heavy atom. The number of carbonyl (C=O) groups excluding carboxylic acids is 1. The molecule has 1 aromatic rings. The summed E-state index contributed by atoms with van der Waals surface area (Å²) in [5, 5.41) is 6.31. The summed E-state index contributed by atoms with van der Waals surface area (Å²) in [6, 6.07) is 3.58. The number of rotatable bonds is 4. The van der Waals surface area contributed by atoms with E-state index in [0.29, 0.717) is 5.56 Å². The molecule has 0 atom stereocenters. The van der Waals surface area contributed by atoms with Crippen LogP contribution in [0.15, 0.2) is 18.3 Å². The standard InChI is InChI=1S/C15H23N3O/c1-3-16-13-11-12(7-10-17-13)14(19)18-15(2)8-5-4-6-9-15/h7,10-11H,3-6,8-9H2,1-2H3,(H,16,17)(H,18,19). The minimum atomic E-state index is -0.0447. The molecule has 1 aromatic heterocycles. The molecule has 0 spiro atoms. The first-order chi connectivity index (χ1) is 9.13. The lowest BCUT2D eigenvalue weighted by molar-refractivity contribution is 0.0882. The number of anilines is 1. The highest BCUT2D eigenvalue weighted by atomic mass is 16.1. The number of nitrogens with zero attached hydrogens (tertiary/aromatic N) is 1. The average Bonchev–Trinajstić information content (AvgIpc) is 2.40. The molecule has 2 N–H and O–H groups in total. The van der Waals surface area contributed by atoms with Crippen molar-refractivity contribution in [2.75, 3.05) is 11.9 Å². The second kappa shape index (κ2) is 6.04. The lowest BCUT2D eigenvalue weighted by atomic mass is 9.83. The van der Waals surface area contributed by atoms with E-state index in [2.05, 4.69) is 22.5 Å². The van der Waals surface area contributed by atoms with Gasteiger partial charge in [-0.15, -0.1) is 0 Å².